The monoisotopic (exact) mass is 334 g/mol. The third-order valence-corrected chi connectivity index (χ3v) is 3.97. The summed E-state index contributed by atoms with van der Waals surface area (Å²) in [4.78, 5) is 38.2. The zero-order valence-corrected chi connectivity index (χ0v) is 13.9. The number of amides is 2. The highest BCUT2D eigenvalue weighted by molar-refractivity contribution is 6.00. The van der Waals surface area contributed by atoms with Crippen LogP contribution in [0.5, 0.6) is 5.75 Å². The molecule has 0 bridgehead atoms. The van der Waals surface area contributed by atoms with Crippen LogP contribution in [-0.2, 0) is 14.4 Å². The predicted octanol–water partition coefficient (Wildman–Crippen LogP) is 1.51. The lowest BCUT2D eigenvalue weighted by molar-refractivity contribution is -0.138. The Morgan fingerprint density at radius 1 is 1.29 bits per heavy atom. The van der Waals surface area contributed by atoms with E-state index in [0.717, 1.165) is 0 Å². The van der Waals surface area contributed by atoms with Crippen LogP contribution in [0.2, 0.25) is 0 Å². The largest absolute Gasteiger partial charge is 0.481 e. The third-order valence-electron chi connectivity index (χ3n) is 3.97. The third kappa shape index (κ3) is 4.04. The number of nitrogens with zero attached hydrogens (tertiary/aromatic N) is 2. The lowest BCUT2D eigenvalue weighted by atomic mass is 10.1. The number of hydrogen-bond donors (Lipinski definition) is 1. The normalized spacial score (nSPS) is 16.3. The SMILES string of the molecule is CCC1Oc2ccccc2N(CCC(=O)N(C)CCC(=O)O)C1=O. The van der Waals surface area contributed by atoms with Crippen molar-refractivity contribution in [2.24, 2.45) is 0 Å². The number of carbonyl (C=O) groups excluding carboxylic acids is 2. The van der Waals surface area contributed by atoms with E-state index >= 15 is 0 Å². The number of para-hydroxylation sites is 2. The van der Waals surface area contributed by atoms with Gasteiger partial charge in [-0.25, -0.2) is 0 Å². The minimum absolute atomic E-state index is 0.0978. The molecule has 1 unspecified atom stereocenters. The van der Waals surface area contributed by atoms with Gasteiger partial charge in [0.15, 0.2) is 6.10 Å². The van der Waals surface area contributed by atoms with Crippen LogP contribution in [0.1, 0.15) is 26.2 Å². The molecule has 1 aliphatic heterocycles. The fourth-order valence-corrected chi connectivity index (χ4v) is 2.55. The van der Waals surface area contributed by atoms with Crippen LogP contribution in [-0.4, -0.2) is 54.0 Å². The first-order valence-electron chi connectivity index (χ1n) is 7.96. The summed E-state index contributed by atoms with van der Waals surface area (Å²) in [7, 11) is 1.56. The fraction of sp³-hybridized carbons (Fsp3) is 0.471. The van der Waals surface area contributed by atoms with Gasteiger partial charge in [-0.1, -0.05) is 19.1 Å². The number of anilines is 1. The van der Waals surface area contributed by atoms with E-state index in [1.165, 1.54) is 4.90 Å². The minimum Gasteiger partial charge on any atom is -0.481 e. The maximum absolute atomic E-state index is 12.5. The van der Waals surface area contributed by atoms with E-state index in [-0.39, 0.29) is 37.7 Å². The number of carboxylic acid groups (broad SMARTS) is 1. The summed E-state index contributed by atoms with van der Waals surface area (Å²) in [5.41, 5.74) is 0.660. The molecule has 1 atom stereocenters. The molecule has 1 N–H and O–H groups in total. The summed E-state index contributed by atoms with van der Waals surface area (Å²) in [6, 6.07) is 7.25. The van der Waals surface area contributed by atoms with E-state index in [9.17, 15) is 14.4 Å². The Hall–Kier alpha value is -2.57. The predicted molar refractivity (Wildman–Crippen MR) is 88.0 cm³/mol. The molecule has 7 heteroatoms. The summed E-state index contributed by atoms with van der Waals surface area (Å²) in [5.74, 6) is -0.661. The van der Waals surface area contributed by atoms with Gasteiger partial charge in [0, 0.05) is 26.6 Å². The molecule has 7 nitrogen and oxygen atoms in total. The second-order valence-electron chi connectivity index (χ2n) is 5.68. The van der Waals surface area contributed by atoms with Crippen molar-refractivity contribution in [2.45, 2.75) is 32.3 Å². The molecule has 2 rings (SSSR count). The number of carboxylic acids is 1. The Morgan fingerprint density at radius 2 is 2.00 bits per heavy atom. The molecular weight excluding hydrogens is 312 g/mol. The zero-order valence-electron chi connectivity index (χ0n) is 13.9. The molecule has 0 radical (unpaired) electrons. The van der Waals surface area contributed by atoms with Crippen molar-refractivity contribution in [3.8, 4) is 5.75 Å². The highest BCUT2D eigenvalue weighted by Gasteiger charge is 2.33. The summed E-state index contributed by atoms with van der Waals surface area (Å²) in [6.45, 7) is 2.27. The van der Waals surface area contributed by atoms with Gasteiger partial charge in [-0.15, -0.1) is 0 Å². The summed E-state index contributed by atoms with van der Waals surface area (Å²) < 4.78 is 5.69. The maximum Gasteiger partial charge on any atom is 0.305 e. The van der Waals surface area contributed by atoms with Crippen LogP contribution in [0.15, 0.2) is 24.3 Å². The molecule has 0 aliphatic carbocycles. The van der Waals surface area contributed by atoms with E-state index in [1.54, 1.807) is 24.1 Å². The summed E-state index contributed by atoms with van der Waals surface area (Å²) in [5, 5.41) is 8.67. The number of ether oxygens (including phenoxy) is 1. The van der Waals surface area contributed by atoms with Crippen LogP contribution in [0, 0.1) is 0 Å². The van der Waals surface area contributed by atoms with Crippen molar-refractivity contribution in [2.75, 3.05) is 25.0 Å². The Morgan fingerprint density at radius 3 is 2.67 bits per heavy atom. The highest BCUT2D eigenvalue weighted by Crippen LogP contribution is 2.34. The van der Waals surface area contributed by atoms with Crippen molar-refractivity contribution in [1.82, 2.24) is 4.90 Å². The Kier molecular flexibility index (Phi) is 5.78. The molecule has 24 heavy (non-hydrogen) atoms. The van der Waals surface area contributed by atoms with Crippen molar-refractivity contribution < 1.29 is 24.2 Å². The van der Waals surface area contributed by atoms with Gasteiger partial charge < -0.3 is 19.6 Å². The molecule has 1 aliphatic rings. The summed E-state index contributed by atoms with van der Waals surface area (Å²) in [6.07, 6.45) is 0.0436. The van der Waals surface area contributed by atoms with Crippen molar-refractivity contribution in [3.63, 3.8) is 0 Å². The first kappa shape index (κ1) is 17.8. The van der Waals surface area contributed by atoms with Gasteiger partial charge in [-0.3, -0.25) is 14.4 Å². The molecule has 0 spiro atoms. The molecule has 130 valence electrons. The van der Waals surface area contributed by atoms with Gasteiger partial charge in [0.25, 0.3) is 5.91 Å². The molecule has 1 aromatic rings. The lowest BCUT2D eigenvalue weighted by Gasteiger charge is -2.34. The van der Waals surface area contributed by atoms with E-state index in [1.807, 2.05) is 19.1 Å². The molecule has 0 aromatic heterocycles. The molecule has 1 heterocycles. The maximum atomic E-state index is 12.5. The smallest absolute Gasteiger partial charge is 0.305 e. The number of rotatable bonds is 7. The number of fused-ring (bicyclic) bond motifs is 1. The second kappa shape index (κ2) is 7.81. The number of hydrogen-bond acceptors (Lipinski definition) is 4. The van der Waals surface area contributed by atoms with Crippen LogP contribution >= 0.6 is 0 Å². The Bertz CT molecular complexity index is 631. The Balaban J connectivity index is 2.04. The van der Waals surface area contributed by atoms with Gasteiger partial charge in [0.2, 0.25) is 5.91 Å². The highest BCUT2D eigenvalue weighted by atomic mass is 16.5. The van der Waals surface area contributed by atoms with Crippen molar-refractivity contribution in [3.05, 3.63) is 24.3 Å². The Labute approximate surface area is 140 Å². The molecule has 1 aromatic carbocycles. The van der Waals surface area contributed by atoms with Crippen molar-refractivity contribution in [1.29, 1.82) is 0 Å². The second-order valence-corrected chi connectivity index (χ2v) is 5.68. The van der Waals surface area contributed by atoms with E-state index < -0.39 is 12.1 Å². The average molecular weight is 334 g/mol. The molecule has 0 saturated heterocycles. The number of aliphatic carboxylic acids is 1. The minimum atomic E-state index is -0.947. The lowest BCUT2D eigenvalue weighted by Crippen LogP contribution is -2.47. The van der Waals surface area contributed by atoms with Gasteiger partial charge >= 0.3 is 5.97 Å². The molecule has 0 saturated carbocycles. The van der Waals surface area contributed by atoms with E-state index in [4.69, 9.17) is 9.84 Å². The van der Waals surface area contributed by atoms with Gasteiger partial charge in [-0.2, -0.15) is 0 Å². The van der Waals surface area contributed by atoms with Gasteiger partial charge in [-0.05, 0) is 18.6 Å². The number of benzene rings is 1. The molecule has 0 fully saturated rings. The molecule has 2 amide bonds. The average Bonchev–Trinajstić information content (AvgIpc) is 2.57. The molecular formula is C17H22N2O5. The van der Waals surface area contributed by atoms with Gasteiger partial charge in [0.05, 0.1) is 12.1 Å². The topological polar surface area (TPSA) is 87.2 Å². The van der Waals surface area contributed by atoms with Gasteiger partial charge in [0.1, 0.15) is 5.75 Å². The zero-order chi connectivity index (χ0) is 17.7. The number of carbonyl (C=O) groups is 3. The van der Waals surface area contributed by atoms with Crippen LogP contribution in [0.3, 0.4) is 0 Å². The standard InChI is InChI=1S/C17H22N2O5/c1-3-13-17(23)19(12-6-4-5-7-14(12)24-13)11-8-15(20)18(2)10-9-16(21)22/h4-7,13H,3,8-11H2,1-2H3,(H,21,22). The van der Waals surface area contributed by atoms with Crippen LogP contribution in [0.25, 0.3) is 0 Å². The van der Waals surface area contributed by atoms with Crippen LogP contribution in [0.4, 0.5) is 5.69 Å². The van der Waals surface area contributed by atoms with Crippen molar-refractivity contribution >= 4 is 23.5 Å². The van der Waals surface area contributed by atoms with Crippen LogP contribution < -0.4 is 9.64 Å². The first-order chi connectivity index (χ1) is 11.4. The summed E-state index contributed by atoms with van der Waals surface area (Å²) >= 11 is 0. The first-order valence-corrected chi connectivity index (χ1v) is 7.96. The van der Waals surface area contributed by atoms with E-state index in [2.05, 4.69) is 0 Å². The quantitative estimate of drug-likeness (QED) is 0.817. The fourth-order valence-electron chi connectivity index (χ4n) is 2.55. The van der Waals surface area contributed by atoms with E-state index in [0.29, 0.717) is 17.9 Å².